The van der Waals surface area contributed by atoms with Gasteiger partial charge in [-0.2, -0.15) is 13.9 Å². The van der Waals surface area contributed by atoms with Gasteiger partial charge in [-0.05, 0) is 32.4 Å². The SMILES string of the molecule is Cn1cc(C(C)(C)NC(=O)N2CC3(CCn4nc(-c5cnc(N)c(OC(F)F)c5)cc43)C2)nn1. The second kappa shape index (κ2) is 7.64. The van der Waals surface area contributed by atoms with Crippen molar-refractivity contribution in [2.45, 2.75) is 44.4 Å². The van der Waals surface area contributed by atoms with Crippen molar-refractivity contribution in [2.24, 2.45) is 7.05 Å². The third-order valence-corrected chi connectivity index (χ3v) is 6.46. The number of aromatic nitrogens is 6. The maximum Gasteiger partial charge on any atom is 0.387 e. The number of hydrogen-bond acceptors (Lipinski definition) is 7. The Morgan fingerprint density at radius 1 is 1.32 bits per heavy atom. The first-order valence-electron chi connectivity index (χ1n) is 10.8. The van der Waals surface area contributed by atoms with E-state index >= 15 is 0 Å². The molecule has 11 nitrogen and oxygen atoms in total. The molecule has 3 aromatic rings. The molecule has 0 aromatic carbocycles. The van der Waals surface area contributed by atoms with Gasteiger partial charge in [-0.1, -0.05) is 5.21 Å². The van der Waals surface area contributed by atoms with Crippen molar-refractivity contribution in [3.05, 3.63) is 35.9 Å². The molecule has 180 valence electrons. The van der Waals surface area contributed by atoms with Crippen LogP contribution in [-0.4, -0.2) is 60.4 Å². The molecule has 13 heteroatoms. The summed E-state index contributed by atoms with van der Waals surface area (Å²) in [5, 5.41) is 15.7. The lowest BCUT2D eigenvalue weighted by Crippen LogP contribution is -2.64. The van der Waals surface area contributed by atoms with Crippen LogP contribution in [0.1, 0.15) is 31.7 Å². The van der Waals surface area contributed by atoms with Gasteiger partial charge in [0.05, 0.1) is 17.4 Å². The summed E-state index contributed by atoms with van der Waals surface area (Å²) in [6, 6.07) is 3.16. The number of ether oxygens (including phenoxy) is 1. The van der Waals surface area contributed by atoms with E-state index in [4.69, 9.17) is 5.73 Å². The van der Waals surface area contributed by atoms with Crippen molar-refractivity contribution >= 4 is 11.8 Å². The highest BCUT2D eigenvalue weighted by atomic mass is 19.3. The smallest absolute Gasteiger partial charge is 0.387 e. The van der Waals surface area contributed by atoms with Crippen LogP contribution in [0.4, 0.5) is 19.4 Å². The second-order valence-corrected chi connectivity index (χ2v) is 9.34. The Bertz CT molecular complexity index is 1250. The molecule has 3 aromatic heterocycles. The van der Waals surface area contributed by atoms with Crippen LogP contribution in [-0.2, 0) is 24.5 Å². The number of anilines is 1. The summed E-state index contributed by atoms with van der Waals surface area (Å²) in [5.74, 6) is -0.301. The summed E-state index contributed by atoms with van der Waals surface area (Å²) in [7, 11) is 1.78. The molecule has 0 unspecified atom stereocenters. The van der Waals surface area contributed by atoms with E-state index in [1.165, 1.54) is 12.3 Å². The van der Waals surface area contributed by atoms with Gasteiger partial charge >= 0.3 is 12.6 Å². The predicted molar refractivity (Wildman–Crippen MR) is 117 cm³/mol. The van der Waals surface area contributed by atoms with Crippen LogP contribution in [0.15, 0.2) is 24.5 Å². The van der Waals surface area contributed by atoms with Crippen LogP contribution < -0.4 is 15.8 Å². The van der Waals surface area contributed by atoms with Crippen molar-refractivity contribution in [1.82, 2.24) is 40.0 Å². The number of nitrogens with one attached hydrogen (secondary N) is 1. The fourth-order valence-corrected chi connectivity index (χ4v) is 4.58. The number of aryl methyl sites for hydroxylation is 2. The van der Waals surface area contributed by atoms with Crippen LogP contribution in [0.25, 0.3) is 11.3 Å². The van der Waals surface area contributed by atoms with Gasteiger partial charge in [-0.25, -0.2) is 9.78 Å². The maximum absolute atomic E-state index is 12.9. The number of nitrogen functional groups attached to an aromatic ring is 1. The molecule has 1 fully saturated rings. The first-order valence-corrected chi connectivity index (χ1v) is 10.8. The summed E-state index contributed by atoms with van der Waals surface area (Å²) >= 11 is 0. The van der Waals surface area contributed by atoms with E-state index in [0.717, 1.165) is 12.1 Å². The summed E-state index contributed by atoms with van der Waals surface area (Å²) in [4.78, 5) is 18.6. The van der Waals surface area contributed by atoms with E-state index in [1.807, 2.05) is 24.6 Å². The molecular formula is C21H25F2N9O2. The maximum atomic E-state index is 12.9. The van der Waals surface area contributed by atoms with E-state index in [0.29, 0.717) is 36.6 Å². The molecule has 2 aliphatic rings. The zero-order valence-corrected chi connectivity index (χ0v) is 19.0. The number of likely N-dealkylation sites (tertiary alicyclic amines) is 1. The molecule has 1 spiro atoms. The Kier molecular flexibility index (Phi) is 4.95. The second-order valence-electron chi connectivity index (χ2n) is 9.34. The molecule has 0 radical (unpaired) electrons. The number of carbonyl (C=O) groups is 1. The van der Waals surface area contributed by atoms with Gasteiger partial charge in [0.25, 0.3) is 0 Å². The van der Waals surface area contributed by atoms with Crippen LogP contribution in [0, 0.1) is 0 Å². The van der Waals surface area contributed by atoms with Gasteiger partial charge in [-0.15, -0.1) is 5.10 Å². The van der Waals surface area contributed by atoms with E-state index in [1.54, 1.807) is 22.8 Å². The minimum Gasteiger partial charge on any atom is -0.431 e. The highest BCUT2D eigenvalue weighted by molar-refractivity contribution is 5.77. The number of amides is 2. The zero-order valence-electron chi connectivity index (χ0n) is 19.0. The minimum atomic E-state index is -3.00. The topological polar surface area (TPSA) is 129 Å². The molecule has 0 saturated carbocycles. The quantitative estimate of drug-likeness (QED) is 0.579. The van der Waals surface area contributed by atoms with Crippen molar-refractivity contribution < 1.29 is 18.3 Å². The van der Waals surface area contributed by atoms with Gasteiger partial charge in [-0.3, -0.25) is 9.36 Å². The van der Waals surface area contributed by atoms with Gasteiger partial charge in [0.2, 0.25) is 0 Å². The third-order valence-electron chi connectivity index (χ3n) is 6.46. The zero-order chi connectivity index (χ0) is 24.3. The van der Waals surface area contributed by atoms with Gasteiger partial charge in [0.1, 0.15) is 5.69 Å². The monoisotopic (exact) mass is 473 g/mol. The standard InChI is InChI=1S/C21H25F2N9O2/c1-20(2,15-9-30(3)29-27-15)26-19(33)31-10-21(11-31)4-5-32-16(21)7-13(28-32)12-6-14(34-18(22)23)17(24)25-8-12/h6-9,18H,4-5,10-11H2,1-3H3,(H2,24,25)(H,26,33). The average molecular weight is 473 g/mol. The van der Waals surface area contributed by atoms with Gasteiger partial charge in [0.15, 0.2) is 11.6 Å². The van der Waals surface area contributed by atoms with Crippen LogP contribution in [0.2, 0.25) is 0 Å². The first kappa shape index (κ1) is 22.0. The fourth-order valence-electron chi connectivity index (χ4n) is 4.58. The lowest BCUT2D eigenvalue weighted by Gasteiger charge is -2.48. The molecular weight excluding hydrogens is 448 g/mol. The van der Waals surface area contributed by atoms with Crippen molar-refractivity contribution in [1.29, 1.82) is 0 Å². The Morgan fingerprint density at radius 3 is 2.76 bits per heavy atom. The highest BCUT2D eigenvalue weighted by Crippen LogP contribution is 2.44. The van der Waals surface area contributed by atoms with Crippen molar-refractivity contribution in [2.75, 3.05) is 18.8 Å². The summed E-state index contributed by atoms with van der Waals surface area (Å²) in [6.07, 6.45) is 4.12. The molecule has 0 aliphatic carbocycles. The number of urea groups is 1. The normalized spacial score (nSPS) is 16.6. The number of nitrogens with zero attached hydrogens (tertiary/aromatic N) is 7. The van der Waals surface area contributed by atoms with Gasteiger partial charge in [0, 0.05) is 49.6 Å². The van der Waals surface area contributed by atoms with E-state index in [9.17, 15) is 13.6 Å². The number of halogens is 2. The first-order chi connectivity index (χ1) is 16.1. The lowest BCUT2D eigenvalue weighted by atomic mass is 9.76. The number of fused-ring (bicyclic) bond motifs is 2. The van der Waals surface area contributed by atoms with E-state index < -0.39 is 12.2 Å². The summed E-state index contributed by atoms with van der Waals surface area (Å²) < 4.78 is 33.3. The molecule has 5 heterocycles. The Hall–Kier alpha value is -3.77. The summed E-state index contributed by atoms with van der Waals surface area (Å²) in [6.45, 7) is 2.59. The van der Waals surface area contributed by atoms with Crippen molar-refractivity contribution in [3.63, 3.8) is 0 Å². The molecule has 5 rings (SSSR count). The van der Waals surface area contributed by atoms with Gasteiger partial charge < -0.3 is 20.7 Å². The number of carbonyl (C=O) groups excluding carboxylic acids is 1. The summed E-state index contributed by atoms with van der Waals surface area (Å²) in [5.41, 5.74) is 7.58. The van der Waals surface area contributed by atoms with Crippen molar-refractivity contribution in [3.8, 4) is 17.0 Å². The lowest BCUT2D eigenvalue weighted by molar-refractivity contribution is -0.0494. The van der Waals surface area contributed by atoms with E-state index in [2.05, 4.69) is 30.4 Å². The fraction of sp³-hybridized carbons (Fsp3) is 0.476. The molecule has 0 atom stereocenters. The molecule has 0 bridgehead atoms. The number of pyridine rings is 1. The van der Waals surface area contributed by atoms with E-state index in [-0.39, 0.29) is 23.0 Å². The van der Waals surface area contributed by atoms with Crippen LogP contribution in [0.3, 0.4) is 0 Å². The predicted octanol–water partition coefficient (Wildman–Crippen LogP) is 1.86. The number of nitrogens with two attached hydrogens (primary N) is 1. The third kappa shape index (κ3) is 3.70. The van der Waals surface area contributed by atoms with Crippen LogP contribution in [0.5, 0.6) is 5.75 Å². The highest BCUT2D eigenvalue weighted by Gasteiger charge is 2.52. The Balaban J connectivity index is 1.30. The number of alkyl halides is 2. The molecule has 2 amide bonds. The Labute approximate surface area is 193 Å². The number of hydrogen-bond donors (Lipinski definition) is 2. The minimum absolute atomic E-state index is 0.114. The Morgan fingerprint density at radius 2 is 2.09 bits per heavy atom. The molecule has 3 N–H and O–H groups in total. The van der Waals surface area contributed by atoms with Crippen LogP contribution >= 0.6 is 0 Å². The number of rotatable bonds is 5. The molecule has 1 saturated heterocycles. The largest absolute Gasteiger partial charge is 0.431 e. The average Bonchev–Trinajstić information content (AvgIpc) is 3.42. The molecule has 34 heavy (non-hydrogen) atoms. The molecule has 2 aliphatic heterocycles.